The van der Waals surface area contributed by atoms with Crippen molar-refractivity contribution in [2.75, 3.05) is 11.9 Å². The predicted molar refractivity (Wildman–Crippen MR) is 102 cm³/mol. The summed E-state index contributed by atoms with van der Waals surface area (Å²) in [6.07, 6.45) is 4.32. The summed E-state index contributed by atoms with van der Waals surface area (Å²) in [5, 5.41) is 10.1. The Morgan fingerprint density at radius 1 is 1.00 bits per heavy atom. The van der Waals surface area contributed by atoms with Gasteiger partial charge in [-0.2, -0.15) is 0 Å². The Labute approximate surface area is 161 Å². The van der Waals surface area contributed by atoms with Gasteiger partial charge < -0.3 is 9.15 Å². The zero-order valence-corrected chi connectivity index (χ0v) is 15.2. The number of anilines is 1. The van der Waals surface area contributed by atoms with Crippen molar-refractivity contribution >= 4 is 17.9 Å². The third-order valence-corrected chi connectivity index (χ3v) is 4.61. The smallest absolute Gasteiger partial charge is 0.338 e. The molecule has 1 aromatic heterocycles. The molecule has 142 valence electrons. The van der Waals surface area contributed by atoms with Gasteiger partial charge in [0.15, 0.2) is 6.61 Å². The van der Waals surface area contributed by atoms with Crippen LogP contribution in [0.15, 0.2) is 52.9 Å². The zero-order valence-electron chi connectivity index (χ0n) is 15.2. The highest BCUT2D eigenvalue weighted by atomic mass is 16.5. The van der Waals surface area contributed by atoms with Crippen molar-refractivity contribution in [2.45, 2.75) is 25.7 Å². The molecular formula is C21H19N3O4. The molecule has 0 aliphatic heterocycles. The van der Waals surface area contributed by atoms with E-state index in [0.29, 0.717) is 11.5 Å². The van der Waals surface area contributed by atoms with Crippen LogP contribution >= 0.6 is 0 Å². The number of hydrogen-bond donors (Lipinski definition) is 1. The maximum atomic E-state index is 12.2. The minimum absolute atomic E-state index is 0.0475. The fourth-order valence-corrected chi connectivity index (χ4v) is 3.20. The Morgan fingerprint density at radius 2 is 1.79 bits per heavy atom. The summed E-state index contributed by atoms with van der Waals surface area (Å²) in [6, 6.07) is 14.7. The second-order valence-corrected chi connectivity index (χ2v) is 6.59. The number of rotatable bonds is 5. The Hall–Kier alpha value is -3.48. The zero-order chi connectivity index (χ0) is 19.3. The highest BCUT2D eigenvalue weighted by Crippen LogP contribution is 2.22. The van der Waals surface area contributed by atoms with Crippen molar-refractivity contribution in [2.24, 2.45) is 0 Å². The first-order valence-corrected chi connectivity index (χ1v) is 9.17. The highest BCUT2D eigenvalue weighted by molar-refractivity contribution is 5.94. The van der Waals surface area contributed by atoms with E-state index in [0.717, 1.165) is 24.8 Å². The van der Waals surface area contributed by atoms with Crippen LogP contribution < -0.4 is 5.32 Å². The van der Waals surface area contributed by atoms with Gasteiger partial charge in [-0.25, -0.2) is 4.79 Å². The molecule has 1 heterocycles. The third-order valence-electron chi connectivity index (χ3n) is 4.61. The lowest BCUT2D eigenvalue weighted by molar-refractivity contribution is -0.119. The third kappa shape index (κ3) is 4.09. The molecule has 0 atom stereocenters. The second kappa shape index (κ2) is 8.04. The van der Waals surface area contributed by atoms with E-state index in [2.05, 4.69) is 15.5 Å². The largest absolute Gasteiger partial charge is 0.452 e. The minimum atomic E-state index is -0.547. The number of aromatic nitrogens is 2. The van der Waals surface area contributed by atoms with Gasteiger partial charge in [-0.15, -0.1) is 5.10 Å². The lowest BCUT2D eigenvalue weighted by Crippen LogP contribution is -2.21. The standard InChI is InChI=1S/C21H19N3O4/c25-18(22-21-24-23-19(28-21)15-7-2-1-3-8-15)13-27-20(26)17-11-10-14-6-4-5-9-16(14)12-17/h1-3,7-8,10-12H,4-6,9,13H2,(H,22,24,25). The first kappa shape index (κ1) is 17.9. The van der Waals surface area contributed by atoms with E-state index < -0.39 is 18.5 Å². The van der Waals surface area contributed by atoms with E-state index in [9.17, 15) is 9.59 Å². The van der Waals surface area contributed by atoms with Gasteiger partial charge >= 0.3 is 12.0 Å². The fourth-order valence-electron chi connectivity index (χ4n) is 3.20. The number of hydrogen-bond acceptors (Lipinski definition) is 6. The molecule has 7 heteroatoms. The van der Waals surface area contributed by atoms with Crippen molar-refractivity contribution in [3.05, 3.63) is 65.2 Å². The molecular weight excluding hydrogens is 358 g/mol. The van der Waals surface area contributed by atoms with Gasteiger partial charge in [0.05, 0.1) is 5.56 Å². The summed E-state index contributed by atoms with van der Waals surface area (Å²) < 4.78 is 10.5. The van der Waals surface area contributed by atoms with Crippen molar-refractivity contribution in [3.63, 3.8) is 0 Å². The number of carbonyl (C=O) groups excluding carboxylic acids is 2. The van der Waals surface area contributed by atoms with Crippen LogP contribution in [-0.4, -0.2) is 28.7 Å². The normalized spacial score (nSPS) is 12.9. The maximum absolute atomic E-state index is 12.2. The van der Waals surface area contributed by atoms with Crippen LogP contribution in [0.2, 0.25) is 0 Å². The molecule has 2 aromatic carbocycles. The SMILES string of the molecule is O=C(COC(=O)c1ccc2c(c1)CCCC2)Nc1nnc(-c2ccccc2)o1. The fraction of sp³-hybridized carbons (Fsp3) is 0.238. The first-order valence-electron chi connectivity index (χ1n) is 9.17. The lowest BCUT2D eigenvalue weighted by atomic mass is 9.90. The Bertz CT molecular complexity index is 998. The molecule has 0 bridgehead atoms. The molecule has 28 heavy (non-hydrogen) atoms. The minimum Gasteiger partial charge on any atom is -0.452 e. The van der Waals surface area contributed by atoms with E-state index in [1.54, 1.807) is 6.07 Å². The average molecular weight is 377 g/mol. The van der Waals surface area contributed by atoms with Crippen LogP contribution in [-0.2, 0) is 22.4 Å². The van der Waals surface area contributed by atoms with Crippen LogP contribution in [0.3, 0.4) is 0 Å². The second-order valence-electron chi connectivity index (χ2n) is 6.59. The number of nitrogens with one attached hydrogen (secondary N) is 1. The summed E-state index contributed by atoms with van der Waals surface area (Å²) in [5.41, 5.74) is 3.67. The first-order chi connectivity index (χ1) is 13.7. The maximum Gasteiger partial charge on any atom is 0.338 e. The summed E-state index contributed by atoms with van der Waals surface area (Å²) in [5.74, 6) is -0.782. The molecule has 0 fully saturated rings. The Balaban J connectivity index is 1.32. The van der Waals surface area contributed by atoms with Gasteiger partial charge in [-0.3, -0.25) is 10.1 Å². The van der Waals surface area contributed by atoms with Crippen LogP contribution in [0, 0.1) is 0 Å². The molecule has 0 spiro atoms. The van der Waals surface area contributed by atoms with Gasteiger partial charge in [-0.05, 0) is 61.1 Å². The molecule has 3 aromatic rings. The number of nitrogens with zero attached hydrogens (tertiary/aromatic N) is 2. The summed E-state index contributed by atoms with van der Waals surface area (Å²) in [7, 11) is 0. The number of aryl methyl sites for hydroxylation is 2. The lowest BCUT2D eigenvalue weighted by Gasteiger charge is -2.16. The number of amides is 1. The molecule has 4 rings (SSSR count). The molecule has 0 unspecified atom stereocenters. The molecule has 1 aliphatic carbocycles. The van der Waals surface area contributed by atoms with E-state index in [1.165, 1.54) is 17.5 Å². The monoisotopic (exact) mass is 377 g/mol. The van der Waals surface area contributed by atoms with Crippen LogP contribution in [0.25, 0.3) is 11.5 Å². The van der Waals surface area contributed by atoms with Gasteiger partial charge in [0.2, 0.25) is 5.89 Å². The quantitative estimate of drug-likeness (QED) is 0.685. The number of esters is 1. The van der Waals surface area contributed by atoms with Crippen molar-refractivity contribution < 1.29 is 18.7 Å². The average Bonchev–Trinajstić information content (AvgIpc) is 3.20. The van der Waals surface area contributed by atoms with Gasteiger partial charge in [0, 0.05) is 5.56 Å². The van der Waals surface area contributed by atoms with Crippen molar-refractivity contribution in [1.29, 1.82) is 0 Å². The van der Waals surface area contributed by atoms with E-state index in [1.807, 2.05) is 42.5 Å². The van der Waals surface area contributed by atoms with E-state index in [-0.39, 0.29) is 6.01 Å². The number of benzene rings is 2. The molecule has 0 saturated carbocycles. The summed E-state index contributed by atoms with van der Waals surface area (Å²) in [4.78, 5) is 24.2. The molecule has 1 N–H and O–H groups in total. The van der Waals surface area contributed by atoms with Crippen LogP contribution in [0.1, 0.15) is 34.3 Å². The van der Waals surface area contributed by atoms with Gasteiger partial charge in [0.25, 0.3) is 5.91 Å². The summed E-state index contributed by atoms with van der Waals surface area (Å²) >= 11 is 0. The summed E-state index contributed by atoms with van der Waals surface area (Å²) in [6.45, 7) is -0.432. The van der Waals surface area contributed by atoms with Gasteiger partial charge in [-0.1, -0.05) is 29.4 Å². The molecule has 7 nitrogen and oxygen atoms in total. The number of ether oxygens (including phenoxy) is 1. The number of fused-ring (bicyclic) bond motifs is 1. The topological polar surface area (TPSA) is 94.3 Å². The molecule has 1 amide bonds. The van der Waals surface area contributed by atoms with Crippen molar-refractivity contribution in [1.82, 2.24) is 10.2 Å². The van der Waals surface area contributed by atoms with E-state index >= 15 is 0 Å². The number of carbonyl (C=O) groups is 2. The van der Waals surface area contributed by atoms with Crippen molar-refractivity contribution in [3.8, 4) is 11.5 Å². The van der Waals surface area contributed by atoms with E-state index in [4.69, 9.17) is 9.15 Å². The van der Waals surface area contributed by atoms with Crippen LogP contribution in [0.5, 0.6) is 0 Å². The molecule has 0 saturated heterocycles. The van der Waals surface area contributed by atoms with Crippen LogP contribution in [0.4, 0.5) is 6.01 Å². The Kier molecular flexibility index (Phi) is 5.14. The molecule has 0 radical (unpaired) electrons. The Morgan fingerprint density at radius 3 is 2.61 bits per heavy atom. The highest BCUT2D eigenvalue weighted by Gasteiger charge is 2.16. The van der Waals surface area contributed by atoms with Gasteiger partial charge in [0.1, 0.15) is 0 Å². The molecule has 1 aliphatic rings. The predicted octanol–water partition coefficient (Wildman–Crippen LogP) is 3.41.